The summed E-state index contributed by atoms with van der Waals surface area (Å²) in [6.07, 6.45) is 1.03. The van der Waals surface area contributed by atoms with Crippen molar-refractivity contribution in [2.24, 2.45) is 18.9 Å². The lowest BCUT2D eigenvalue weighted by Gasteiger charge is -2.14. The van der Waals surface area contributed by atoms with E-state index in [1.165, 1.54) is 0 Å². The molecule has 1 aromatic heterocycles. The third kappa shape index (κ3) is 2.21. The van der Waals surface area contributed by atoms with Crippen molar-refractivity contribution in [3.8, 4) is 0 Å². The smallest absolute Gasteiger partial charge is 0.223 e. The Labute approximate surface area is 102 Å². The fraction of sp³-hybridized carbons (Fsp3) is 0.692. The molecule has 0 bridgehead atoms. The minimum atomic E-state index is 0.0454. The number of hydrogen-bond donors (Lipinski definition) is 1. The molecule has 0 spiro atoms. The molecule has 2 rings (SSSR count). The molecule has 1 fully saturated rings. The summed E-state index contributed by atoms with van der Waals surface area (Å²) in [4.78, 5) is 11.9. The second kappa shape index (κ2) is 4.17. The topological polar surface area (TPSA) is 46.9 Å². The summed E-state index contributed by atoms with van der Waals surface area (Å²) < 4.78 is 1.87. The summed E-state index contributed by atoms with van der Waals surface area (Å²) in [6, 6.07) is 0.0454. The third-order valence-electron chi connectivity index (χ3n) is 3.80. The molecule has 1 aliphatic carbocycles. The molecular weight excluding hydrogens is 214 g/mol. The lowest BCUT2D eigenvalue weighted by atomic mass is 10.1. The molecule has 1 saturated carbocycles. The van der Waals surface area contributed by atoms with Crippen LogP contribution in [-0.4, -0.2) is 15.7 Å². The molecule has 0 aromatic carbocycles. The van der Waals surface area contributed by atoms with E-state index in [9.17, 15) is 4.79 Å². The van der Waals surface area contributed by atoms with Gasteiger partial charge >= 0.3 is 0 Å². The monoisotopic (exact) mass is 235 g/mol. The van der Waals surface area contributed by atoms with Gasteiger partial charge in [0.1, 0.15) is 0 Å². The van der Waals surface area contributed by atoms with Crippen molar-refractivity contribution in [3.05, 3.63) is 17.0 Å². The zero-order chi connectivity index (χ0) is 12.7. The van der Waals surface area contributed by atoms with Gasteiger partial charge in [-0.25, -0.2) is 0 Å². The first-order valence-corrected chi connectivity index (χ1v) is 6.22. The van der Waals surface area contributed by atoms with Crippen LogP contribution in [0.25, 0.3) is 0 Å². The van der Waals surface area contributed by atoms with Gasteiger partial charge in [-0.2, -0.15) is 5.10 Å². The molecule has 1 aliphatic rings. The Morgan fingerprint density at radius 2 is 2.12 bits per heavy atom. The quantitative estimate of drug-likeness (QED) is 0.869. The van der Waals surface area contributed by atoms with Crippen LogP contribution in [0.15, 0.2) is 0 Å². The van der Waals surface area contributed by atoms with Crippen LogP contribution in [0.1, 0.15) is 43.3 Å². The number of carbonyl (C=O) groups excluding carboxylic acids is 1. The first-order valence-electron chi connectivity index (χ1n) is 6.22. The summed E-state index contributed by atoms with van der Waals surface area (Å²) >= 11 is 0. The number of nitrogens with one attached hydrogen (secondary N) is 1. The predicted molar refractivity (Wildman–Crippen MR) is 66.5 cm³/mol. The van der Waals surface area contributed by atoms with E-state index in [1.807, 2.05) is 32.5 Å². The van der Waals surface area contributed by atoms with Gasteiger partial charge in [-0.05, 0) is 33.1 Å². The zero-order valence-electron chi connectivity index (χ0n) is 11.2. The summed E-state index contributed by atoms with van der Waals surface area (Å²) in [5.74, 6) is 0.973. The highest BCUT2D eigenvalue weighted by Crippen LogP contribution is 2.38. The van der Waals surface area contributed by atoms with Gasteiger partial charge in [0.2, 0.25) is 5.91 Å². The minimum Gasteiger partial charge on any atom is -0.349 e. The number of hydrogen-bond acceptors (Lipinski definition) is 2. The molecule has 0 radical (unpaired) electrons. The molecule has 0 saturated heterocycles. The maximum Gasteiger partial charge on any atom is 0.223 e. The van der Waals surface area contributed by atoms with E-state index in [-0.39, 0.29) is 17.9 Å². The van der Waals surface area contributed by atoms with Crippen molar-refractivity contribution in [1.82, 2.24) is 15.1 Å². The van der Waals surface area contributed by atoms with E-state index in [0.29, 0.717) is 5.92 Å². The second-order valence-corrected chi connectivity index (χ2v) is 5.26. The number of nitrogens with zero attached hydrogens (tertiary/aromatic N) is 2. The molecular formula is C13H21N3O. The average Bonchev–Trinajstić information content (AvgIpc) is 2.89. The maximum atomic E-state index is 11.9. The number of carbonyl (C=O) groups is 1. The standard InChI is InChI=1S/C13H21N3O/c1-7-6-11(7)13(17)14-8(2)12-9(3)15-16(5)10(12)4/h7-8,11H,6H2,1-5H3,(H,14,17)/t7-,8+,11+/m1/s1. The molecule has 94 valence electrons. The molecule has 1 amide bonds. The van der Waals surface area contributed by atoms with E-state index in [1.54, 1.807) is 0 Å². The molecule has 3 atom stereocenters. The van der Waals surface area contributed by atoms with Crippen molar-refractivity contribution < 1.29 is 4.79 Å². The lowest BCUT2D eigenvalue weighted by molar-refractivity contribution is -0.123. The fourth-order valence-electron chi connectivity index (χ4n) is 2.50. The predicted octanol–water partition coefficient (Wildman–Crippen LogP) is 1.87. The van der Waals surface area contributed by atoms with Crippen molar-refractivity contribution >= 4 is 5.91 Å². The highest BCUT2D eigenvalue weighted by molar-refractivity contribution is 5.81. The van der Waals surface area contributed by atoms with Crippen LogP contribution in [0.2, 0.25) is 0 Å². The fourth-order valence-corrected chi connectivity index (χ4v) is 2.50. The first kappa shape index (κ1) is 12.1. The van der Waals surface area contributed by atoms with E-state index in [2.05, 4.69) is 17.3 Å². The van der Waals surface area contributed by atoms with E-state index in [0.717, 1.165) is 23.4 Å². The SMILES string of the molecule is Cc1nn(C)c(C)c1[C@H](C)NC(=O)[C@H]1C[C@H]1C. The Kier molecular flexibility index (Phi) is 2.98. The van der Waals surface area contributed by atoms with Crippen LogP contribution in [-0.2, 0) is 11.8 Å². The van der Waals surface area contributed by atoms with Crippen LogP contribution in [0.4, 0.5) is 0 Å². The van der Waals surface area contributed by atoms with Gasteiger partial charge in [-0.1, -0.05) is 6.92 Å². The van der Waals surface area contributed by atoms with Gasteiger partial charge < -0.3 is 5.32 Å². The first-order chi connectivity index (χ1) is 7.91. The van der Waals surface area contributed by atoms with Gasteiger partial charge in [0, 0.05) is 24.2 Å². The number of aryl methyl sites for hydroxylation is 2. The third-order valence-corrected chi connectivity index (χ3v) is 3.80. The average molecular weight is 235 g/mol. The maximum absolute atomic E-state index is 11.9. The Morgan fingerprint density at radius 3 is 2.53 bits per heavy atom. The van der Waals surface area contributed by atoms with Crippen LogP contribution in [0, 0.1) is 25.7 Å². The van der Waals surface area contributed by atoms with Crippen LogP contribution < -0.4 is 5.32 Å². The van der Waals surface area contributed by atoms with E-state index < -0.39 is 0 Å². The molecule has 1 N–H and O–H groups in total. The molecule has 17 heavy (non-hydrogen) atoms. The van der Waals surface area contributed by atoms with Crippen molar-refractivity contribution in [3.63, 3.8) is 0 Å². The molecule has 0 aliphatic heterocycles. The van der Waals surface area contributed by atoms with Crippen molar-refractivity contribution in [1.29, 1.82) is 0 Å². The van der Waals surface area contributed by atoms with Crippen LogP contribution in [0.3, 0.4) is 0 Å². The summed E-state index contributed by atoms with van der Waals surface area (Å²) in [5, 5.41) is 7.47. The van der Waals surface area contributed by atoms with Gasteiger partial charge in [0.05, 0.1) is 11.7 Å². The summed E-state index contributed by atoms with van der Waals surface area (Å²) in [7, 11) is 1.93. The molecule has 1 heterocycles. The lowest BCUT2D eigenvalue weighted by Crippen LogP contribution is -2.29. The Hall–Kier alpha value is -1.32. The number of aromatic nitrogens is 2. The highest BCUT2D eigenvalue weighted by Gasteiger charge is 2.39. The van der Waals surface area contributed by atoms with Gasteiger partial charge in [-0.15, -0.1) is 0 Å². The molecule has 1 aromatic rings. The Balaban J connectivity index is 2.09. The zero-order valence-corrected chi connectivity index (χ0v) is 11.2. The largest absolute Gasteiger partial charge is 0.349 e. The number of amides is 1. The molecule has 0 unspecified atom stereocenters. The second-order valence-electron chi connectivity index (χ2n) is 5.26. The van der Waals surface area contributed by atoms with Crippen LogP contribution >= 0.6 is 0 Å². The van der Waals surface area contributed by atoms with Crippen molar-refractivity contribution in [2.45, 2.75) is 40.2 Å². The Morgan fingerprint density at radius 1 is 1.53 bits per heavy atom. The van der Waals surface area contributed by atoms with Gasteiger partial charge in [0.15, 0.2) is 0 Å². The molecule has 4 heteroatoms. The van der Waals surface area contributed by atoms with Gasteiger partial charge in [0.25, 0.3) is 0 Å². The van der Waals surface area contributed by atoms with Crippen molar-refractivity contribution in [2.75, 3.05) is 0 Å². The Bertz CT molecular complexity index is 450. The van der Waals surface area contributed by atoms with Crippen LogP contribution in [0.5, 0.6) is 0 Å². The highest BCUT2D eigenvalue weighted by atomic mass is 16.2. The van der Waals surface area contributed by atoms with Gasteiger partial charge in [-0.3, -0.25) is 9.48 Å². The summed E-state index contributed by atoms with van der Waals surface area (Å²) in [5.41, 5.74) is 3.27. The molecule has 4 nitrogen and oxygen atoms in total. The normalized spacial score (nSPS) is 24.5. The van der Waals surface area contributed by atoms with E-state index in [4.69, 9.17) is 0 Å². The number of rotatable bonds is 3. The summed E-state index contributed by atoms with van der Waals surface area (Å²) in [6.45, 7) is 8.18. The minimum absolute atomic E-state index is 0.0454. The van der Waals surface area contributed by atoms with E-state index >= 15 is 0 Å².